The van der Waals surface area contributed by atoms with Crippen LogP contribution in [0.5, 0.6) is 11.5 Å². The zero-order valence-electron chi connectivity index (χ0n) is 10.3. The van der Waals surface area contributed by atoms with Crippen molar-refractivity contribution in [3.63, 3.8) is 0 Å². The minimum atomic E-state index is -0.934. The first kappa shape index (κ1) is 13.0. The quantitative estimate of drug-likeness (QED) is 0.914. The van der Waals surface area contributed by atoms with Crippen molar-refractivity contribution in [1.29, 1.82) is 0 Å². The lowest BCUT2D eigenvalue weighted by Crippen LogP contribution is -2.42. The maximum absolute atomic E-state index is 11.6. The third-order valence-electron chi connectivity index (χ3n) is 3.60. The number of aliphatic carboxylic acids is 1. The van der Waals surface area contributed by atoms with E-state index < -0.39 is 11.4 Å². The molecule has 0 heterocycles. The van der Waals surface area contributed by atoms with Gasteiger partial charge in [0.1, 0.15) is 11.5 Å². The summed E-state index contributed by atoms with van der Waals surface area (Å²) in [6.45, 7) is 0. The maximum Gasteiger partial charge on any atom is 0.314 e. The van der Waals surface area contributed by atoms with Gasteiger partial charge in [-0.05, 0) is 25.0 Å². The van der Waals surface area contributed by atoms with Gasteiger partial charge in [-0.1, -0.05) is 18.0 Å². The Morgan fingerprint density at radius 1 is 1.28 bits per heavy atom. The Hall–Kier alpha value is -1.42. The summed E-state index contributed by atoms with van der Waals surface area (Å²) in [6, 6.07) is 3.38. The molecule has 5 heteroatoms. The Labute approximate surface area is 110 Å². The van der Waals surface area contributed by atoms with E-state index in [9.17, 15) is 9.90 Å². The molecule has 1 fully saturated rings. The molecule has 18 heavy (non-hydrogen) atoms. The average Bonchev–Trinajstić information content (AvgIpc) is 2.29. The summed E-state index contributed by atoms with van der Waals surface area (Å²) in [6.07, 6.45) is 2.03. The van der Waals surface area contributed by atoms with Gasteiger partial charge in [-0.3, -0.25) is 4.79 Å². The first-order chi connectivity index (χ1) is 8.56. The predicted molar refractivity (Wildman–Crippen MR) is 67.7 cm³/mol. The standard InChI is InChI=1S/C13H15ClO4/c1-17-8-4-5-9(18-2)11(14)10(8)13(12(15)16)6-3-7-13/h4-5H,3,6-7H2,1-2H3,(H,15,16). The number of carboxylic acid groups (broad SMARTS) is 1. The van der Waals surface area contributed by atoms with Crippen molar-refractivity contribution < 1.29 is 19.4 Å². The molecule has 0 amide bonds. The zero-order chi connectivity index (χ0) is 13.3. The molecule has 1 N–H and O–H groups in total. The van der Waals surface area contributed by atoms with Gasteiger partial charge in [0.05, 0.1) is 24.7 Å². The Morgan fingerprint density at radius 3 is 2.22 bits per heavy atom. The molecule has 0 atom stereocenters. The molecule has 0 aromatic heterocycles. The Balaban J connectivity index is 2.64. The fraction of sp³-hybridized carbons (Fsp3) is 0.462. The van der Waals surface area contributed by atoms with Crippen molar-refractivity contribution in [2.45, 2.75) is 24.7 Å². The summed E-state index contributed by atoms with van der Waals surface area (Å²) < 4.78 is 10.4. The molecule has 2 rings (SSSR count). The smallest absolute Gasteiger partial charge is 0.314 e. The molecule has 1 aliphatic carbocycles. The second kappa shape index (κ2) is 4.69. The van der Waals surface area contributed by atoms with Gasteiger partial charge in [0.2, 0.25) is 0 Å². The topological polar surface area (TPSA) is 55.8 Å². The zero-order valence-corrected chi connectivity index (χ0v) is 11.1. The number of carboxylic acids is 1. The number of ether oxygens (including phenoxy) is 2. The van der Waals surface area contributed by atoms with Gasteiger partial charge in [-0.15, -0.1) is 0 Å². The van der Waals surface area contributed by atoms with Gasteiger partial charge < -0.3 is 14.6 Å². The van der Waals surface area contributed by atoms with Gasteiger partial charge in [0.15, 0.2) is 0 Å². The largest absolute Gasteiger partial charge is 0.496 e. The van der Waals surface area contributed by atoms with Crippen molar-refractivity contribution in [2.75, 3.05) is 14.2 Å². The van der Waals surface area contributed by atoms with E-state index in [1.807, 2.05) is 0 Å². The van der Waals surface area contributed by atoms with Gasteiger partial charge in [-0.25, -0.2) is 0 Å². The number of halogens is 1. The highest BCUT2D eigenvalue weighted by atomic mass is 35.5. The van der Waals surface area contributed by atoms with Crippen LogP contribution in [0.15, 0.2) is 12.1 Å². The third kappa shape index (κ3) is 1.72. The number of methoxy groups -OCH3 is 2. The van der Waals surface area contributed by atoms with Crippen LogP contribution in [0.25, 0.3) is 0 Å². The van der Waals surface area contributed by atoms with Crippen molar-refractivity contribution in [1.82, 2.24) is 0 Å². The number of benzene rings is 1. The van der Waals surface area contributed by atoms with Gasteiger partial charge in [-0.2, -0.15) is 0 Å². The van der Waals surface area contributed by atoms with Gasteiger partial charge >= 0.3 is 5.97 Å². The van der Waals surface area contributed by atoms with Crippen LogP contribution in [-0.4, -0.2) is 25.3 Å². The molecule has 4 nitrogen and oxygen atoms in total. The van der Waals surface area contributed by atoms with Crippen LogP contribution in [0, 0.1) is 0 Å². The Morgan fingerprint density at radius 2 is 1.83 bits per heavy atom. The number of carbonyl (C=O) groups is 1. The second-order valence-corrected chi connectivity index (χ2v) is 4.78. The molecular weight excluding hydrogens is 256 g/mol. The minimum absolute atomic E-state index is 0.332. The van der Waals surface area contributed by atoms with Crippen LogP contribution in [-0.2, 0) is 10.2 Å². The van der Waals surface area contributed by atoms with Gasteiger partial charge in [0.25, 0.3) is 0 Å². The van der Waals surface area contributed by atoms with Gasteiger partial charge in [0, 0.05) is 5.56 Å². The fourth-order valence-electron chi connectivity index (χ4n) is 2.41. The van der Waals surface area contributed by atoms with E-state index in [1.165, 1.54) is 14.2 Å². The van der Waals surface area contributed by atoms with Crippen LogP contribution >= 0.6 is 11.6 Å². The number of hydrogen-bond acceptors (Lipinski definition) is 3. The third-order valence-corrected chi connectivity index (χ3v) is 3.98. The van der Waals surface area contributed by atoms with E-state index in [1.54, 1.807) is 12.1 Å². The number of hydrogen-bond donors (Lipinski definition) is 1. The summed E-state index contributed by atoms with van der Waals surface area (Å²) in [4.78, 5) is 11.6. The predicted octanol–water partition coefficient (Wildman–Crippen LogP) is 2.86. The normalized spacial score (nSPS) is 16.8. The Bertz CT molecular complexity index is 480. The Kier molecular flexibility index (Phi) is 3.39. The second-order valence-electron chi connectivity index (χ2n) is 4.40. The van der Waals surface area contributed by atoms with E-state index in [0.29, 0.717) is 34.9 Å². The first-order valence-electron chi connectivity index (χ1n) is 5.71. The molecular formula is C13H15ClO4. The lowest BCUT2D eigenvalue weighted by atomic mass is 9.64. The average molecular weight is 271 g/mol. The van der Waals surface area contributed by atoms with E-state index >= 15 is 0 Å². The van der Waals surface area contributed by atoms with E-state index in [4.69, 9.17) is 21.1 Å². The van der Waals surface area contributed by atoms with E-state index in [2.05, 4.69) is 0 Å². The van der Waals surface area contributed by atoms with Crippen molar-refractivity contribution in [2.24, 2.45) is 0 Å². The molecule has 1 aliphatic rings. The fourth-order valence-corrected chi connectivity index (χ4v) is 2.83. The van der Waals surface area contributed by atoms with Crippen molar-refractivity contribution in [3.8, 4) is 11.5 Å². The highest BCUT2D eigenvalue weighted by molar-refractivity contribution is 6.33. The first-order valence-corrected chi connectivity index (χ1v) is 6.09. The molecule has 1 aromatic rings. The molecule has 98 valence electrons. The minimum Gasteiger partial charge on any atom is -0.496 e. The summed E-state index contributed by atoms with van der Waals surface area (Å²) in [5.41, 5.74) is -0.401. The summed E-state index contributed by atoms with van der Waals surface area (Å²) >= 11 is 6.27. The molecule has 1 saturated carbocycles. The molecule has 0 saturated heterocycles. The van der Waals surface area contributed by atoms with Crippen LogP contribution in [0.2, 0.25) is 5.02 Å². The molecule has 0 unspecified atom stereocenters. The van der Waals surface area contributed by atoms with Crippen LogP contribution in [0.4, 0.5) is 0 Å². The number of rotatable bonds is 4. The molecule has 0 bridgehead atoms. The monoisotopic (exact) mass is 270 g/mol. The SMILES string of the molecule is COc1ccc(OC)c(C2(C(=O)O)CCC2)c1Cl. The molecule has 1 aromatic carbocycles. The van der Waals surface area contributed by atoms with Crippen LogP contribution < -0.4 is 9.47 Å². The molecule has 0 spiro atoms. The van der Waals surface area contributed by atoms with Crippen LogP contribution in [0.3, 0.4) is 0 Å². The van der Waals surface area contributed by atoms with Crippen molar-refractivity contribution >= 4 is 17.6 Å². The summed E-state index contributed by atoms with van der Waals surface area (Å²) in [5.74, 6) is 0.116. The van der Waals surface area contributed by atoms with Crippen LogP contribution in [0.1, 0.15) is 24.8 Å². The lowest BCUT2D eigenvalue weighted by molar-refractivity contribution is -0.147. The lowest BCUT2D eigenvalue weighted by Gasteiger charge is -2.39. The molecule has 0 radical (unpaired) electrons. The highest BCUT2D eigenvalue weighted by Crippen LogP contribution is 2.52. The molecule has 0 aliphatic heterocycles. The highest BCUT2D eigenvalue weighted by Gasteiger charge is 2.49. The summed E-state index contributed by atoms with van der Waals surface area (Å²) in [7, 11) is 3.02. The van der Waals surface area contributed by atoms with E-state index in [0.717, 1.165) is 6.42 Å². The van der Waals surface area contributed by atoms with E-state index in [-0.39, 0.29) is 0 Å². The summed E-state index contributed by atoms with van der Waals surface area (Å²) in [5, 5.41) is 9.82. The maximum atomic E-state index is 11.6. The van der Waals surface area contributed by atoms with Crippen molar-refractivity contribution in [3.05, 3.63) is 22.7 Å².